The van der Waals surface area contributed by atoms with Gasteiger partial charge in [-0.1, -0.05) is 12.1 Å². The Hall–Kier alpha value is -1.63. The van der Waals surface area contributed by atoms with Crippen LogP contribution in [0.3, 0.4) is 0 Å². The number of carbonyl (C=O) groups is 1. The van der Waals surface area contributed by atoms with E-state index >= 15 is 0 Å². The van der Waals surface area contributed by atoms with Crippen LogP contribution in [0.4, 0.5) is 0 Å². The first-order valence-corrected chi connectivity index (χ1v) is 8.89. The van der Waals surface area contributed by atoms with Crippen molar-refractivity contribution < 1.29 is 28.8 Å². The maximum Gasteiger partial charge on any atom is 0.334 e. The average Bonchev–Trinajstić information content (AvgIpc) is 2.62. The third-order valence-electron chi connectivity index (χ3n) is 3.50. The van der Waals surface area contributed by atoms with Gasteiger partial charge in [0.1, 0.15) is 12.4 Å². The van der Waals surface area contributed by atoms with Crippen LogP contribution in [0.15, 0.2) is 24.3 Å². The van der Waals surface area contributed by atoms with Gasteiger partial charge in [0.2, 0.25) is 0 Å². The summed E-state index contributed by atoms with van der Waals surface area (Å²) in [6, 6.07) is 7.80. The van der Waals surface area contributed by atoms with Gasteiger partial charge in [-0.3, -0.25) is 0 Å². The summed E-state index contributed by atoms with van der Waals surface area (Å²) in [5.41, 5.74) is 1.14. The summed E-state index contributed by atoms with van der Waals surface area (Å²) < 4.78 is 20.9. The number of carbonyl (C=O) groups excluding carboxylic acids is 1. The molecule has 0 amide bonds. The summed E-state index contributed by atoms with van der Waals surface area (Å²) in [4.78, 5) is 11.3. The first-order valence-electron chi connectivity index (χ1n) is 8.89. The Bertz CT molecular complexity index is 459. The number of hydrogen-bond acceptors (Lipinski definition) is 6. The molecule has 0 aliphatic rings. The molecule has 25 heavy (non-hydrogen) atoms. The van der Waals surface area contributed by atoms with Crippen molar-refractivity contribution in [3.63, 3.8) is 0 Å². The minimum atomic E-state index is -1.04. The Balaban J connectivity index is 2.15. The van der Waals surface area contributed by atoms with E-state index in [1.54, 1.807) is 6.92 Å². The van der Waals surface area contributed by atoms with Gasteiger partial charge >= 0.3 is 5.97 Å². The zero-order valence-corrected chi connectivity index (χ0v) is 15.2. The molecule has 0 saturated heterocycles. The number of esters is 1. The van der Waals surface area contributed by atoms with Crippen molar-refractivity contribution >= 4 is 5.97 Å². The van der Waals surface area contributed by atoms with E-state index < -0.39 is 12.1 Å². The van der Waals surface area contributed by atoms with Gasteiger partial charge in [0.25, 0.3) is 0 Å². The summed E-state index contributed by atoms with van der Waals surface area (Å²) in [5.74, 6) is 0.249. The van der Waals surface area contributed by atoms with Gasteiger partial charge in [-0.25, -0.2) is 4.79 Å². The Morgan fingerprint density at radius 1 is 1.00 bits per heavy atom. The van der Waals surface area contributed by atoms with E-state index in [0.717, 1.165) is 17.7 Å². The molecule has 1 N–H and O–H groups in total. The minimum Gasteiger partial charge on any atom is -0.491 e. The topological polar surface area (TPSA) is 74.2 Å². The van der Waals surface area contributed by atoms with Crippen LogP contribution in [0.2, 0.25) is 0 Å². The molecule has 0 saturated carbocycles. The molecular weight excluding hydrogens is 324 g/mol. The van der Waals surface area contributed by atoms with Gasteiger partial charge < -0.3 is 24.1 Å². The summed E-state index contributed by atoms with van der Waals surface area (Å²) in [7, 11) is 0. The van der Waals surface area contributed by atoms with Crippen molar-refractivity contribution in [2.45, 2.75) is 39.2 Å². The molecule has 0 fully saturated rings. The van der Waals surface area contributed by atoms with Crippen LogP contribution in [0.1, 0.15) is 32.3 Å². The van der Waals surface area contributed by atoms with Crippen LogP contribution in [0, 0.1) is 0 Å². The predicted octanol–water partition coefficient (Wildman–Crippen LogP) is 2.37. The largest absolute Gasteiger partial charge is 0.491 e. The van der Waals surface area contributed by atoms with E-state index in [-0.39, 0.29) is 6.61 Å². The normalized spacial score (nSPS) is 12.0. The second-order valence-corrected chi connectivity index (χ2v) is 5.46. The fourth-order valence-electron chi connectivity index (χ4n) is 2.19. The van der Waals surface area contributed by atoms with Gasteiger partial charge in [-0.2, -0.15) is 0 Å². The Morgan fingerprint density at radius 2 is 1.68 bits per heavy atom. The fourth-order valence-corrected chi connectivity index (χ4v) is 2.19. The summed E-state index contributed by atoms with van der Waals surface area (Å²) in [5, 5.41) is 9.65. The molecule has 0 radical (unpaired) electrons. The molecule has 0 aliphatic carbocycles. The van der Waals surface area contributed by atoms with Gasteiger partial charge in [0.15, 0.2) is 6.10 Å². The van der Waals surface area contributed by atoms with Crippen molar-refractivity contribution in [1.29, 1.82) is 0 Å². The number of aryl methyl sites for hydroxylation is 1. The highest BCUT2D eigenvalue weighted by Crippen LogP contribution is 2.14. The molecule has 142 valence electrons. The van der Waals surface area contributed by atoms with Crippen molar-refractivity contribution in [3.8, 4) is 5.75 Å². The number of aliphatic hydroxyl groups excluding tert-OH is 1. The molecule has 1 aromatic rings. The van der Waals surface area contributed by atoms with Gasteiger partial charge in [-0.15, -0.1) is 0 Å². The monoisotopic (exact) mass is 354 g/mol. The molecular formula is C19H30O6. The smallest absolute Gasteiger partial charge is 0.334 e. The van der Waals surface area contributed by atoms with E-state index in [4.69, 9.17) is 18.9 Å². The maximum absolute atomic E-state index is 11.3. The highest BCUT2D eigenvalue weighted by molar-refractivity contribution is 5.74. The third kappa shape index (κ3) is 10.1. The Labute approximate surface area is 150 Å². The standard InChI is InChI=1S/C19H30O6/c1-3-22-12-13-23-14-15-25-17-10-8-16(9-11-17)6-5-7-18(20)19(21)24-4-2/h8-11,18,20H,3-7,12-15H2,1-2H3. The zero-order valence-electron chi connectivity index (χ0n) is 15.2. The van der Waals surface area contributed by atoms with Crippen molar-refractivity contribution in [1.82, 2.24) is 0 Å². The third-order valence-corrected chi connectivity index (χ3v) is 3.50. The predicted molar refractivity (Wildman–Crippen MR) is 94.8 cm³/mol. The maximum atomic E-state index is 11.3. The molecule has 6 heteroatoms. The number of aliphatic hydroxyl groups is 1. The lowest BCUT2D eigenvalue weighted by molar-refractivity contribution is -0.153. The van der Waals surface area contributed by atoms with E-state index in [9.17, 15) is 9.90 Å². The fraction of sp³-hybridized carbons (Fsp3) is 0.632. The summed E-state index contributed by atoms with van der Waals surface area (Å²) in [6.07, 6.45) is 0.867. The highest BCUT2D eigenvalue weighted by Gasteiger charge is 2.15. The van der Waals surface area contributed by atoms with Gasteiger partial charge in [0, 0.05) is 6.61 Å². The van der Waals surface area contributed by atoms with Gasteiger partial charge in [0.05, 0.1) is 26.4 Å². The van der Waals surface area contributed by atoms with Crippen LogP contribution < -0.4 is 4.74 Å². The van der Waals surface area contributed by atoms with E-state index in [1.807, 2.05) is 31.2 Å². The quantitative estimate of drug-likeness (QED) is 0.408. The van der Waals surface area contributed by atoms with Gasteiger partial charge in [-0.05, 0) is 50.8 Å². The van der Waals surface area contributed by atoms with E-state index in [2.05, 4.69) is 0 Å². The van der Waals surface area contributed by atoms with Crippen LogP contribution in [0.5, 0.6) is 5.75 Å². The van der Waals surface area contributed by atoms with Crippen LogP contribution in [-0.2, 0) is 25.4 Å². The first-order chi connectivity index (χ1) is 12.2. The van der Waals surface area contributed by atoms with Crippen molar-refractivity contribution in [2.75, 3.05) is 39.6 Å². The molecule has 1 atom stereocenters. The molecule has 1 rings (SSSR count). The number of benzene rings is 1. The SMILES string of the molecule is CCOCCOCCOc1ccc(CCCC(O)C(=O)OCC)cc1. The second kappa shape index (κ2) is 13.6. The first kappa shape index (κ1) is 21.4. The minimum absolute atomic E-state index is 0.287. The summed E-state index contributed by atoms with van der Waals surface area (Å²) in [6.45, 7) is 6.88. The Morgan fingerprint density at radius 3 is 2.36 bits per heavy atom. The Kier molecular flexibility index (Phi) is 11.7. The molecule has 1 aromatic carbocycles. The van der Waals surface area contributed by atoms with Crippen molar-refractivity contribution in [3.05, 3.63) is 29.8 Å². The van der Waals surface area contributed by atoms with Crippen LogP contribution >= 0.6 is 0 Å². The van der Waals surface area contributed by atoms with Crippen LogP contribution in [-0.4, -0.2) is 56.8 Å². The summed E-state index contributed by atoms with van der Waals surface area (Å²) >= 11 is 0. The molecule has 0 heterocycles. The molecule has 0 aliphatic heterocycles. The molecule has 1 unspecified atom stereocenters. The number of rotatable bonds is 14. The van der Waals surface area contributed by atoms with E-state index in [0.29, 0.717) is 45.9 Å². The molecule has 0 aromatic heterocycles. The zero-order chi connectivity index (χ0) is 18.3. The van der Waals surface area contributed by atoms with Crippen LogP contribution in [0.25, 0.3) is 0 Å². The molecule has 6 nitrogen and oxygen atoms in total. The number of hydrogen-bond donors (Lipinski definition) is 1. The van der Waals surface area contributed by atoms with Crippen molar-refractivity contribution in [2.24, 2.45) is 0 Å². The molecule has 0 bridgehead atoms. The second-order valence-electron chi connectivity index (χ2n) is 5.46. The van der Waals surface area contributed by atoms with E-state index in [1.165, 1.54) is 0 Å². The molecule has 0 spiro atoms. The highest BCUT2D eigenvalue weighted by atomic mass is 16.5. The lowest BCUT2D eigenvalue weighted by Gasteiger charge is -2.10. The lowest BCUT2D eigenvalue weighted by atomic mass is 10.1. The average molecular weight is 354 g/mol. The lowest BCUT2D eigenvalue weighted by Crippen LogP contribution is -2.23. The number of ether oxygens (including phenoxy) is 4.